The number of nitrogens with two attached hydrogens (primary N) is 1. The van der Waals surface area contributed by atoms with Crippen molar-refractivity contribution < 1.29 is 14.3 Å². The summed E-state index contributed by atoms with van der Waals surface area (Å²) < 4.78 is 10.9. The lowest BCUT2D eigenvalue weighted by atomic mass is 10.1. The number of ether oxygens (including phenoxy) is 2. The van der Waals surface area contributed by atoms with Crippen molar-refractivity contribution in [2.75, 3.05) is 19.8 Å². The van der Waals surface area contributed by atoms with Gasteiger partial charge in [0.25, 0.3) is 0 Å². The van der Waals surface area contributed by atoms with Crippen molar-refractivity contribution in [2.24, 2.45) is 5.73 Å². The van der Waals surface area contributed by atoms with Gasteiger partial charge in [-0.1, -0.05) is 6.07 Å². The molecule has 5 heteroatoms. The van der Waals surface area contributed by atoms with Crippen LogP contribution < -0.4 is 20.5 Å². The van der Waals surface area contributed by atoms with E-state index < -0.39 is 0 Å². The zero-order chi connectivity index (χ0) is 12.3. The summed E-state index contributed by atoms with van der Waals surface area (Å²) in [5.41, 5.74) is 6.12. The van der Waals surface area contributed by atoms with E-state index in [1.807, 2.05) is 25.1 Å². The van der Waals surface area contributed by atoms with E-state index in [2.05, 4.69) is 5.32 Å². The van der Waals surface area contributed by atoms with Gasteiger partial charge in [-0.2, -0.15) is 0 Å². The molecule has 0 spiro atoms. The standard InChI is InChI=1S/C12H16N2O3/c1-8(14-7-12(13)15)9-2-3-10-11(6-9)17-5-4-16-10/h2-3,6,8,14H,4-5,7H2,1H3,(H2,13,15). The third kappa shape index (κ3) is 2.88. The molecule has 0 fully saturated rings. The van der Waals surface area contributed by atoms with Crippen molar-refractivity contribution in [2.45, 2.75) is 13.0 Å². The number of hydrogen-bond donors (Lipinski definition) is 2. The van der Waals surface area contributed by atoms with Crippen molar-refractivity contribution in [1.29, 1.82) is 0 Å². The first kappa shape index (κ1) is 11.7. The van der Waals surface area contributed by atoms with Crippen LogP contribution in [0.25, 0.3) is 0 Å². The number of hydrogen-bond acceptors (Lipinski definition) is 4. The number of carbonyl (C=O) groups excluding carboxylic acids is 1. The maximum absolute atomic E-state index is 10.7. The molecule has 92 valence electrons. The minimum absolute atomic E-state index is 0.0401. The fourth-order valence-corrected chi connectivity index (χ4v) is 1.70. The predicted molar refractivity (Wildman–Crippen MR) is 63.0 cm³/mol. The van der Waals surface area contributed by atoms with Crippen LogP contribution in [0.2, 0.25) is 0 Å². The lowest BCUT2D eigenvalue weighted by Crippen LogP contribution is -2.30. The third-order valence-corrected chi connectivity index (χ3v) is 2.65. The molecule has 0 saturated carbocycles. The smallest absolute Gasteiger partial charge is 0.231 e. The van der Waals surface area contributed by atoms with Gasteiger partial charge < -0.3 is 20.5 Å². The number of carbonyl (C=O) groups is 1. The van der Waals surface area contributed by atoms with Gasteiger partial charge in [-0.25, -0.2) is 0 Å². The summed E-state index contributed by atoms with van der Waals surface area (Å²) >= 11 is 0. The largest absolute Gasteiger partial charge is 0.486 e. The van der Waals surface area contributed by atoms with Crippen molar-refractivity contribution in [3.05, 3.63) is 23.8 Å². The molecular formula is C12H16N2O3. The highest BCUT2D eigenvalue weighted by Crippen LogP contribution is 2.32. The number of fused-ring (bicyclic) bond motifs is 1. The van der Waals surface area contributed by atoms with E-state index in [4.69, 9.17) is 15.2 Å². The van der Waals surface area contributed by atoms with Gasteiger partial charge >= 0.3 is 0 Å². The number of primary amides is 1. The Morgan fingerprint density at radius 3 is 2.82 bits per heavy atom. The SMILES string of the molecule is CC(NCC(N)=O)c1ccc2c(c1)OCCO2. The second kappa shape index (κ2) is 5.05. The molecule has 3 N–H and O–H groups in total. The fourth-order valence-electron chi connectivity index (χ4n) is 1.70. The van der Waals surface area contributed by atoms with Crippen molar-refractivity contribution in [3.8, 4) is 11.5 Å². The number of amides is 1. The molecule has 5 nitrogen and oxygen atoms in total. The summed E-state index contributed by atoms with van der Waals surface area (Å²) in [6.45, 7) is 3.28. The first-order valence-corrected chi connectivity index (χ1v) is 5.58. The number of benzene rings is 1. The van der Waals surface area contributed by atoms with Gasteiger partial charge in [0, 0.05) is 6.04 Å². The second-order valence-electron chi connectivity index (χ2n) is 3.97. The van der Waals surface area contributed by atoms with Crippen LogP contribution in [0.5, 0.6) is 11.5 Å². The Kier molecular flexibility index (Phi) is 3.49. The summed E-state index contributed by atoms with van der Waals surface area (Å²) in [4.78, 5) is 10.7. The van der Waals surface area contributed by atoms with Crippen LogP contribution in [0.4, 0.5) is 0 Å². The molecule has 17 heavy (non-hydrogen) atoms. The fraction of sp³-hybridized carbons (Fsp3) is 0.417. The van der Waals surface area contributed by atoms with Crippen LogP contribution in [-0.2, 0) is 4.79 Å². The van der Waals surface area contributed by atoms with Gasteiger partial charge in [-0.15, -0.1) is 0 Å². The van der Waals surface area contributed by atoms with Crippen molar-refractivity contribution >= 4 is 5.91 Å². The number of rotatable bonds is 4. The van der Waals surface area contributed by atoms with E-state index in [9.17, 15) is 4.79 Å². The Balaban J connectivity index is 2.08. The van der Waals surface area contributed by atoms with E-state index in [0.717, 1.165) is 17.1 Å². The second-order valence-corrected chi connectivity index (χ2v) is 3.97. The number of nitrogens with one attached hydrogen (secondary N) is 1. The van der Waals surface area contributed by atoms with Gasteiger partial charge in [-0.3, -0.25) is 4.79 Å². The molecule has 1 aromatic carbocycles. The topological polar surface area (TPSA) is 73.6 Å². The Morgan fingerprint density at radius 2 is 2.12 bits per heavy atom. The summed E-state index contributed by atoms with van der Waals surface area (Å²) in [5.74, 6) is 1.15. The van der Waals surface area contributed by atoms with Gasteiger partial charge in [-0.05, 0) is 24.6 Å². The molecule has 1 atom stereocenters. The Hall–Kier alpha value is -1.75. The molecule has 1 unspecified atom stereocenters. The van der Waals surface area contributed by atoms with E-state index in [1.165, 1.54) is 0 Å². The van der Waals surface area contributed by atoms with Crippen LogP contribution >= 0.6 is 0 Å². The molecule has 0 bridgehead atoms. The van der Waals surface area contributed by atoms with Crippen LogP contribution in [0.3, 0.4) is 0 Å². The molecule has 1 aromatic rings. The van der Waals surface area contributed by atoms with Crippen molar-refractivity contribution in [3.63, 3.8) is 0 Å². The van der Waals surface area contributed by atoms with Crippen LogP contribution in [0.15, 0.2) is 18.2 Å². The minimum Gasteiger partial charge on any atom is -0.486 e. The van der Waals surface area contributed by atoms with Crippen LogP contribution in [-0.4, -0.2) is 25.7 Å². The molecule has 0 saturated heterocycles. The van der Waals surface area contributed by atoms with Gasteiger partial charge in [0.1, 0.15) is 13.2 Å². The van der Waals surface area contributed by atoms with Gasteiger partial charge in [0.15, 0.2) is 11.5 Å². The Morgan fingerprint density at radius 1 is 1.41 bits per heavy atom. The average molecular weight is 236 g/mol. The molecule has 0 aromatic heterocycles. The van der Waals surface area contributed by atoms with Crippen LogP contribution in [0, 0.1) is 0 Å². The quantitative estimate of drug-likeness (QED) is 0.802. The van der Waals surface area contributed by atoms with Crippen molar-refractivity contribution in [1.82, 2.24) is 5.32 Å². The highest BCUT2D eigenvalue weighted by Gasteiger charge is 2.14. The highest BCUT2D eigenvalue weighted by atomic mass is 16.6. The molecule has 2 rings (SSSR count). The van der Waals surface area contributed by atoms with E-state index >= 15 is 0 Å². The molecule has 1 heterocycles. The zero-order valence-electron chi connectivity index (χ0n) is 9.73. The Labute approximate surface area is 99.9 Å². The van der Waals surface area contributed by atoms with E-state index in [0.29, 0.717) is 13.2 Å². The molecule has 1 aliphatic heterocycles. The summed E-state index contributed by atoms with van der Waals surface area (Å²) in [5, 5.41) is 3.03. The molecule has 1 amide bonds. The summed E-state index contributed by atoms with van der Waals surface area (Å²) in [7, 11) is 0. The third-order valence-electron chi connectivity index (χ3n) is 2.65. The maximum atomic E-state index is 10.7. The first-order valence-electron chi connectivity index (χ1n) is 5.58. The molecule has 1 aliphatic rings. The average Bonchev–Trinajstić information content (AvgIpc) is 2.35. The normalized spacial score (nSPS) is 15.4. The minimum atomic E-state index is -0.366. The lowest BCUT2D eigenvalue weighted by Gasteiger charge is -2.20. The lowest BCUT2D eigenvalue weighted by molar-refractivity contribution is -0.117. The van der Waals surface area contributed by atoms with Gasteiger partial charge in [0.2, 0.25) is 5.91 Å². The first-order chi connectivity index (χ1) is 8.16. The zero-order valence-corrected chi connectivity index (χ0v) is 9.73. The summed E-state index contributed by atoms with van der Waals surface area (Å²) in [6, 6.07) is 5.80. The van der Waals surface area contributed by atoms with Gasteiger partial charge in [0.05, 0.1) is 6.54 Å². The Bertz CT molecular complexity index is 420. The van der Waals surface area contributed by atoms with Crippen LogP contribution in [0.1, 0.15) is 18.5 Å². The maximum Gasteiger partial charge on any atom is 0.231 e. The summed E-state index contributed by atoms with van der Waals surface area (Å²) in [6.07, 6.45) is 0. The monoisotopic (exact) mass is 236 g/mol. The van der Waals surface area contributed by atoms with E-state index in [1.54, 1.807) is 0 Å². The molecular weight excluding hydrogens is 220 g/mol. The molecule has 0 radical (unpaired) electrons. The predicted octanol–water partition coefficient (Wildman–Crippen LogP) is 0.594. The molecule has 0 aliphatic carbocycles. The van der Waals surface area contributed by atoms with E-state index in [-0.39, 0.29) is 18.5 Å². The highest BCUT2D eigenvalue weighted by molar-refractivity contribution is 5.75.